The fraction of sp³-hybridized carbons (Fsp3) is 0.778. The Morgan fingerprint density at radius 3 is 2.41 bits per heavy atom. The van der Waals surface area contributed by atoms with Gasteiger partial charge in [0.2, 0.25) is 11.8 Å². The van der Waals surface area contributed by atoms with E-state index in [1.165, 1.54) is 7.05 Å². The second kappa shape index (κ2) is 5.35. The van der Waals surface area contributed by atoms with Crippen LogP contribution in [0.5, 0.6) is 0 Å². The third-order valence-electron chi connectivity index (χ3n) is 2.37. The van der Waals surface area contributed by atoms with Gasteiger partial charge in [0.25, 0.3) is 0 Å². The first-order chi connectivity index (χ1) is 7.79. The molecule has 1 aliphatic heterocycles. The Labute approximate surface area is 96.3 Å². The van der Waals surface area contributed by atoms with E-state index in [9.17, 15) is 22.8 Å². The lowest BCUT2D eigenvalue weighted by Crippen LogP contribution is -2.52. The molecule has 2 amide bonds. The van der Waals surface area contributed by atoms with Crippen molar-refractivity contribution in [3.05, 3.63) is 0 Å². The average Bonchev–Trinajstić information content (AvgIpc) is 2.10. The SMILES string of the molecule is CN(CC(=O)NCC(F)(F)F)C(=O)C1CNC1. The Balaban J connectivity index is 2.27. The van der Waals surface area contributed by atoms with Crippen LogP contribution in [0.3, 0.4) is 0 Å². The summed E-state index contributed by atoms with van der Waals surface area (Å²) in [4.78, 5) is 23.8. The number of amides is 2. The van der Waals surface area contributed by atoms with Crippen LogP contribution in [-0.2, 0) is 9.59 Å². The van der Waals surface area contributed by atoms with E-state index in [0.29, 0.717) is 13.1 Å². The van der Waals surface area contributed by atoms with Crippen LogP contribution in [0.1, 0.15) is 0 Å². The number of nitrogens with zero attached hydrogens (tertiary/aromatic N) is 1. The molecule has 0 radical (unpaired) electrons. The van der Waals surface area contributed by atoms with Crippen molar-refractivity contribution in [1.29, 1.82) is 0 Å². The van der Waals surface area contributed by atoms with Crippen molar-refractivity contribution in [1.82, 2.24) is 15.5 Å². The average molecular weight is 253 g/mol. The summed E-state index contributed by atoms with van der Waals surface area (Å²) in [6.07, 6.45) is -4.43. The molecule has 8 heteroatoms. The monoisotopic (exact) mass is 253 g/mol. The standard InChI is InChI=1S/C9H14F3N3O2/c1-15(8(17)6-2-13-3-6)4-7(16)14-5-9(10,11)12/h6,13H,2-5H2,1H3,(H,14,16). The van der Waals surface area contributed by atoms with E-state index in [2.05, 4.69) is 5.32 Å². The van der Waals surface area contributed by atoms with Gasteiger partial charge >= 0.3 is 6.18 Å². The van der Waals surface area contributed by atoms with Crippen molar-refractivity contribution in [2.24, 2.45) is 5.92 Å². The molecular weight excluding hydrogens is 239 g/mol. The number of alkyl halides is 3. The van der Waals surface area contributed by atoms with Gasteiger partial charge in [0.15, 0.2) is 0 Å². The summed E-state index contributed by atoms with van der Waals surface area (Å²) in [5, 5.41) is 4.61. The van der Waals surface area contributed by atoms with Crippen LogP contribution < -0.4 is 10.6 Å². The second-order valence-corrected chi connectivity index (χ2v) is 3.94. The third-order valence-corrected chi connectivity index (χ3v) is 2.37. The van der Waals surface area contributed by atoms with Gasteiger partial charge < -0.3 is 15.5 Å². The van der Waals surface area contributed by atoms with Crippen molar-refractivity contribution in [3.8, 4) is 0 Å². The summed E-state index contributed by atoms with van der Waals surface area (Å²) in [5.41, 5.74) is 0. The minimum atomic E-state index is -4.43. The van der Waals surface area contributed by atoms with Crippen molar-refractivity contribution < 1.29 is 22.8 Å². The van der Waals surface area contributed by atoms with Crippen LogP contribution in [0.2, 0.25) is 0 Å². The maximum atomic E-state index is 11.8. The van der Waals surface area contributed by atoms with Crippen molar-refractivity contribution in [2.75, 3.05) is 33.2 Å². The molecule has 5 nitrogen and oxygen atoms in total. The molecule has 0 aromatic heterocycles. The Morgan fingerprint density at radius 2 is 2.00 bits per heavy atom. The van der Waals surface area contributed by atoms with E-state index in [1.807, 2.05) is 0 Å². The molecule has 1 rings (SSSR count). The molecule has 1 fully saturated rings. The molecule has 1 aliphatic rings. The molecule has 0 spiro atoms. The first kappa shape index (κ1) is 13.8. The number of carbonyl (C=O) groups excluding carboxylic acids is 2. The lowest BCUT2D eigenvalue weighted by molar-refractivity contribution is -0.143. The van der Waals surface area contributed by atoms with Crippen LogP contribution in [0.4, 0.5) is 13.2 Å². The van der Waals surface area contributed by atoms with E-state index in [4.69, 9.17) is 0 Å². The van der Waals surface area contributed by atoms with E-state index in [0.717, 1.165) is 4.90 Å². The lowest BCUT2D eigenvalue weighted by Gasteiger charge is -2.29. The fourth-order valence-corrected chi connectivity index (χ4v) is 1.32. The van der Waals surface area contributed by atoms with Gasteiger partial charge in [-0.3, -0.25) is 9.59 Å². The van der Waals surface area contributed by atoms with Gasteiger partial charge in [0.1, 0.15) is 6.54 Å². The van der Waals surface area contributed by atoms with E-state index in [-0.39, 0.29) is 18.4 Å². The molecule has 0 atom stereocenters. The number of nitrogens with one attached hydrogen (secondary N) is 2. The van der Waals surface area contributed by atoms with E-state index in [1.54, 1.807) is 5.32 Å². The second-order valence-electron chi connectivity index (χ2n) is 3.94. The third kappa shape index (κ3) is 4.59. The highest BCUT2D eigenvalue weighted by atomic mass is 19.4. The Kier molecular flexibility index (Phi) is 4.33. The largest absolute Gasteiger partial charge is 0.405 e. The van der Waals surface area contributed by atoms with Crippen LogP contribution in [0.25, 0.3) is 0 Å². The van der Waals surface area contributed by atoms with Gasteiger partial charge in [-0.25, -0.2) is 0 Å². The summed E-state index contributed by atoms with van der Waals surface area (Å²) in [6.45, 7) is -0.634. The predicted molar refractivity (Wildman–Crippen MR) is 53.1 cm³/mol. The highest BCUT2D eigenvalue weighted by Crippen LogP contribution is 2.12. The molecule has 0 saturated carbocycles. The molecule has 0 bridgehead atoms. The van der Waals surface area contributed by atoms with Gasteiger partial charge in [-0.15, -0.1) is 0 Å². The zero-order valence-electron chi connectivity index (χ0n) is 9.30. The molecule has 2 N–H and O–H groups in total. The van der Waals surface area contributed by atoms with Crippen LogP contribution >= 0.6 is 0 Å². The number of rotatable bonds is 4. The molecule has 1 heterocycles. The summed E-state index contributed by atoms with van der Waals surface area (Å²) in [5.74, 6) is -1.22. The Morgan fingerprint density at radius 1 is 1.41 bits per heavy atom. The molecule has 98 valence electrons. The quantitative estimate of drug-likeness (QED) is 0.699. The number of likely N-dealkylation sites (N-methyl/N-ethyl adjacent to an activating group) is 1. The molecule has 1 saturated heterocycles. The van der Waals surface area contributed by atoms with Gasteiger partial charge in [-0.2, -0.15) is 13.2 Å². The number of carbonyl (C=O) groups is 2. The topological polar surface area (TPSA) is 61.4 Å². The molecule has 0 aromatic carbocycles. The number of halogens is 3. The van der Waals surface area contributed by atoms with Gasteiger partial charge in [-0.05, 0) is 0 Å². The normalized spacial score (nSPS) is 16.2. The maximum absolute atomic E-state index is 11.8. The predicted octanol–water partition coefficient (Wildman–Crippen LogP) is -0.657. The number of hydrogen-bond donors (Lipinski definition) is 2. The Hall–Kier alpha value is -1.31. The smallest absolute Gasteiger partial charge is 0.345 e. The summed E-state index contributed by atoms with van der Waals surface area (Å²) < 4.78 is 35.4. The minimum Gasteiger partial charge on any atom is -0.345 e. The summed E-state index contributed by atoms with van der Waals surface area (Å²) >= 11 is 0. The van der Waals surface area contributed by atoms with Gasteiger partial charge in [0.05, 0.1) is 12.5 Å². The number of hydrogen-bond acceptors (Lipinski definition) is 3. The first-order valence-corrected chi connectivity index (χ1v) is 5.09. The summed E-state index contributed by atoms with van der Waals surface area (Å²) in [6, 6.07) is 0. The highest BCUT2D eigenvalue weighted by molar-refractivity contribution is 5.86. The molecule has 0 aliphatic carbocycles. The lowest BCUT2D eigenvalue weighted by atomic mass is 10.0. The van der Waals surface area contributed by atoms with Crippen LogP contribution in [0, 0.1) is 5.92 Å². The van der Waals surface area contributed by atoms with Gasteiger partial charge in [-0.1, -0.05) is 0 Å². The van der Waals surface area contributed by atoms with E-state index >= 15 is 0 Å². The zero-order chi connectivity index (χ0) is 13.1. The molecular formula is C9H14F3N3O2. The fourth-order valence-electron chi connectivity index (χ4n) is 1.32. The first-order valence-electron chi connectivity index (χ1n) is 5.09. The Bertz CT molecular complexity index is 302. The summed E-state index contributed by atoms with van der Waals surface area (Å²) in [7, 11) is 1.40. The molecule has 0 unspecified atom stereocenters. The minimum absolute atomic E-state index is 0.171. The van der Waals surface area contributed by atoms with Crippen molar-refractivity contribution >= 4 is 11.8 Å². The van der Waals surface area contributed by atoms with Gasteiger partial charge in [0, 0.05) is 20.1 Å². The van der Waals surface area contributed by atoms with E-state index < -0.39 is 18.6 Å². The zero-order valence-corrected chi connectivity index (χ0v) is 9.30. The van der Waals surface area contributed by atoms with Crippen LogP contribution in [0.15, 0.2) is 0 Å². The maximum Gasteiger partial charge on any atom is 0.405 e. The molecule has 0 aromatic rings. The molecule has 17 heavy (non-hydrogen) atoms. The highest BCUT2D eigenvalue weighted by Gasteiger charge is 2.30. The van der Waals surface area contributed by atoms with Crippen molar-refractivity contribution in [2.45, 2.75) is 6.18 Å². The van der Waals surface area contributed by atoms with Crippen molar-refractivity contribution in [3.63, 3.8) is 0 Å². The van der Waals surface area contributed by atoms with Crippen LogP contribution in [-0.4, -0.2) is 56.1 Å².